The van der Waals surface area contributed by atoms with Crippen molar-refractivity contribution in [3.05, 3.63) is 55.0 Å². The molecule has 0 atom stereocenters. The second-order valence-electron chi connectivity index (χ2n) is 10.5. The first-order valence-electron chi connectivity index (χ1n) is 13.4. The van der Waals surface area contributed by atoms with Gasteiger partial charge in [0, 0.05) is 61.0 Å². The smallest absolute Gasteiger partial charge is 0.124 e. The molecule has 0 bridgehead atoms. The third-order valence-electron chi connectivity index (χ3n) is 7.79. The number of anilines is 2. The fourth-order valence-electron chi connectivity index (χ4n) is 5.48. The molecule has 0 unspecified atom stereocenters. The predicted molar refractivity (Wildman–Crippen MR) is 152 cm³/mol. The predicted octanol–water partition coefficient (Wildman–Crippen LogP) is 5.70. The lowest BCUT2D eigenvalue weighted by atomic mass is 9.83. The number of rotatable bonds is 9. The minimum Gasteiger partial charge on any atom is -0.497 e. The number of nitrogens with zero attached hydrogens (tertiary/aromatic N) is 6. The molecule has 0 saturated heterocycles. The van der Waals surface area contributed by atoms with Gasteiger partial charge in [0.05, 0.1) is 43.3 Å². The van der Waals surface area contributed by atoms with Crippen molar-refractivity contribution in [2.24, 2.45) is 13.0 Å². The highest BCUT2D eigenvalue weighted by molar-refractivity contribution is 5.82. The second kappa shape index (κ2) is 11.4. The Kier molecular flexibility index (Phi) is 7.79. The van der Waals surface area contributed by atoms with Crippen LogP contribution in [0.2, 0.25) is 0 Å². The summed E-state index contributed by atoms with van der Waals surface area (Å²) in [6.45, 7) is 0.898. The van der Waals surface area contributed by atoms with Gasteiger partial charge in [0.2, 0.25) is 0 Å². The molecule has 1 saturated carbocycles. The maximum Gasteiger partial charge on any atom is 0.124 e. The van der Waals surface area contributed by atoms with E-state index in [1.165, 1.54) is 25.7 Å². The molecule has 2 aromatic heterocycles. The van der Waals surface area contributed by atoms with Crippen LogP contribution in [0.4, 0.5) is 11.4 Å². The van der Waals surface area contributed by atoms with Crippen LogP contribution in [-0.4, -0.2) is 65.5 Å². The maximum absolute atomic E-state index is 5.61. The number of hydrogen-bond acceptors (Lipinski definition) is 7. The summed E-state index contributed by atoms with van der Waals surface area (Å²) in [5, 5.41) is 4.29. The third-order valence-corrected chi connectivity index (χ3v) is 7.79. The van der Waals surface area contributed by atoms with Crippen molar-refractivity contribution in [2.45, 2.75) is 38.1 Å². The van der Waals surface area contributed by atoms with Crippen molar-refractivity contribution in [2.75, 3.05) is 39.8 Å². The van der Waals surface area contributed by atoms with E-state index >= 15 is 0 Å². The molecule has 4 aromatic rings. The number of fused-ring (bicyclic) bond motifs is 1. The van der Waals surface area contributed by atoms with E-state index in [9.17, 15) is 0 Å². The van der Waals surface area contributed by atoms with E-state index < -0.39 is 0 Å². The number of aromatic nitrogens is 4. The Labute approximate surface area is 225 Å². The van der Waals surface area contributed by atoms with Gasteiger partial charge in [-0.15, -0.1) is 0 Å². The summed E-state index contributed by atoms with van der Waals surface area (Å²) in [7, 11) is 9.69. The second-order valence-corrected chi connectivity index (χ2v) is 10.5. The van der Waals surface area contributed by atoms with Gasteiger partial charge >= 0.3 is 0 Å². The van der Waals surface area contributed by atoms with Crippen LogP contribution in [0.1, 0.15) is 32.1 Å². The summed E-state index contributed by atoms with van der Waals surface area (Å²) in [4.78, 5) is 14.4. The molecule has 1 fully saturated rings. The van der Waals surface area contributed by atoms with Gasteiger partial charge in [-0.2, -0.15) is 5.10 Å². The molecule has 8 heteroatoms. The molecule has 200 valence electrons. The Hall–Kier alpha value is -3.65. The highest BCUT2D eigenvalue weighted by Gasteiger charge is 2.24. The van der Waals surface area contributed by atoms with Crippen LogP contribution < -0.4 is 14.4 Å². The number of benzene rings is 2. The lowest BCUT2D eigenvalue weighted by Crippen LogP contribution is -2.33. The Bertz CT molecular complexity index is 1350. The van der Waals surface area contributed by atoms with Crippen molar-refractivity contribution >= 4 is 22.4 Å². The Morgan fingerprint density at radius 3 is 2.26 bits per heavy atom. The van der Waals surface area contributed by atoms with Gasteiger partial charge in [0.1, 0.15) is 11.5 Å². The minimum absolute atomic E-state index is 0.707. The van der Waals surface area contributed by atoms with Crippen LogP contribution in [-0.2, 0) is 7.05 Å². The standard InChI is InChI=1S/C30H38N6O2/c1-34(2)23-8-6-21(7-9-23)12-13-36(25-14-26(37-4)17-27(15-25)38-5)24-10-11-28-29(16-24)33-30(19-31-28)22-18-32-35(3)20-22/h10-11,14-21,23H,6-9,12-13H2,1-5H3. The van der Waals surface area contributed by atoms with Crippen molar-refractivity contribution in [1.29, 1.82) is 0 Å². The zero-order valence-electron chi connectivity index (χ0n) is 23.1. The summed E-state index contributed by atoms with van der Waals surface area (Å²) < 4.78 is 13.0. The van der Waals surface area contributed by atoms with Crippen molar-refractivity contribution in [3.8, 4) is 22.8 Å². The summed E-state index contributed by atoms with van der Waals surface area (Å²) in [5.41, 5.74) is 5.61. The van der Waals surface area contributed by atoms with Crippen LogP contribution in [0.25, 0.3) is 22.3 Å². The molecule has 2 aromatic carbocycles. The highest BCUT2D eigenvalue weighted by Crippen LogP contribution is 2.36. The molecule has 5 rings (SSSR count). The number of hydrogen-bond donors (Lipinski definition) is 0. The van der Waals surface area contributed by atoms with E-state index in [-0.39, 0.29) is 0 Å². The quantitative estimate of drug-likeness (QED) is 0.284. The summed E-state index contributed by atoms with van der Waals surface area (Å²) in [6, 6.07) is 13.1. The van der Waals surface area contributed by atoms with Crippen molar-refractivity contribution in [3.63, 3.8) is 0 Å². The topological polar surface area (TPSA) is 68.5 Å². The lowest BCUT2D eigenvalue weighted by molar-refractivity contribution is 0.190. The molecule has 0 amide bonds. The first-order chi connectivity index (χ1) is 18.4. The Morgan fingerprint density at radius 1 is 0.895 bits per heavy atom. The highest BCUT2D eigenvalue weighted by atomic mass is 16.5. The minimum atomic E-state index is 0.707. The third kappa shape index (κ3) is 5.75. The molecule has 0 aliphatic heterocycles. The van der Waals surface area contributed by atoms with Crippen molar-refractivity contribution < 1.29 is 9.47 Å². The SMILES string of the molecule is COc1cc(OC)cc(N(CCC2CCC(N(C)C)CC2)c2ccc3ncc(-c4cnn(C)c4)nc3c2)c1. The molecule has 0 spiro atoms. The van der Waals surface area contributed by atoms with Gasteiger partial charge in [0.25, 0.3) is 0 Å². The van der Waals surface area contributed by atoms with Crippen molar-refractivity contribution in [1.82, 2.24) is 24.6 Å². The molecule has 38 heavy (non-hydrogen) atoms. The summed E-state index contributed by atoms with van der Waals surface area (Å²) >= 11 is 0. The van der Waals surface area contributed by atoms with E-state index in [0.29, 0.717) is 6.04 Å². The van der Waals surface area contributed by atoms with Gasteiger partial charge in [-0.05, 0) is 70.3 Å². The largest absolute Gasteiger partial charge is 0.497 e. The molecule has 2 heterocycles. The fraction of sp³-hybridized carbons (Fsp3) is 0.433. The average molecular weight is 515 g/mol. The molecule has 0 radical (unpaired) electrons. The number of methoxy groups -OCH3 is 2. The van der Waals surface area contributed by atoms with Gasteiger partial charge in [-0.1, -0.05) is 0 Å². The van der Waals surface area contributed by atoms with Crippen LogP contribution in [0.5, 0.6) is 11.5 Å². The van der Waals surface area contributed by atoms with E-state index in [1.54, 1.807) is 18.9 Å². The summed E-state index contributed by atoms with van der Waals surface area (Å²) in [6.07, 6.45) is 11.8. The Morgan fingerprint density at radius 2 is 1.63 bits per heavy atom. The van der Waals surface area contributed by atoms with Gasteiger partial charge in [-0.3, -0.25) is 9.67 Å². The number of ether oxygens (including phenoxy) is 2. The van der Waals surface area contributed by atoms with Gasteiger partial charge in [0.15, 0.2) is 0 Å². The average Bonchev–Trinajstić information content (AvgIpc) is 3.39. The van der Waals surface area contributed by atoms with Crippen LogP contribution in [0.3, 0.4) is 0 Å². The first kappa shape index (κ1) is 26.0. The molecule has 1 aliphatic carbocycles. The van der Waals surface area contributed by atoms with Gasteiger partial charge in [-0.25, -0.2) is 4.98 Å². The normalized spacial score (nSPS) is 17.6. The molecular formula is C30H38N6O2. The molecule has 1 aliphatic rings. The molecular weight excluding hydrogens is 476 g/mol. The van der Waals surface area contributed by atoms with E-state index in [4.69, 9.17) is 14.5 Å². The zero-order chi connectivity index (χ0) is 26.6. The van der Waals surface area contributed by atoms with Gasteiger partial charge < -0.3 is 19.3 Å². The zero-order valence-corrected chi connectivity index (χ0v) is 23.1. The first-order valence-corrected chi connectivity index (χ1v) is 13.4. The van der Waals surface area contributed by atoms with E-state index in [1.807, 2.05) is 31.7 Å². The van der Waals surface area contributed by atoms with Crippen LogP contribution >= 0.6 is 0 Å². The van der Waals surface area contributed by atoms with E-state index in [0.717, 1.165) is 64.0 Å². The summed E-state index contributed by atoms with van der Waals surface area (Å²) in [5.74, 6) is 2.27. The van der Waals surface area contributed by atoms with Crippen LogP contribution in [0, 0.1) is 5.92 Å². The fourth-order valence-corrected chi connectivity index (χ4v) is 5.48. The van der Waals surface area contributed by atoms with Crippen LogP contribution in [0.15, 0.2) is 55.0 Å². The Balaban J connectivity index is 1.47. The maximum atomic E-state index is 5.61. The monoisotopic (exact) mass is 514 g/mol. The number of aryl methyl sites for hydroxylation is 1. The molecule has 8 nitrogen and oxygen atoms in total. The van der Waals surface area contributed by atoms with E-state index in [2.05, 4.69) is 64.3 Å². The lowest BCUT2D eigenvalue weighted by Gasteiger charge is -2.34. The molecule has 0 N–H and O–H groups in total.